The van der Waals surface area contributed by atoms with Crippen molar-refractivity contribution in [2.45, 2.75) is 20.8 Å². The molecule has 1 rings (SSSR count). The van der Waals surface area contributed by atoms with Crippen molar-refractivity contribution in [3.8, 4) is 35.8 Å². The lowest BCUT2D eigenvalue weighted by Crippen LogP contribution is -2.30. The molecule has 122 valence electrons. The highest BCUT2D eigenvalue weighted by atomic mass is 19.2. The minimum atomic E-state index is -1.41. The van der Waals surface area contributed by atoms with Gasteiger partial charge in [0.15, 0.2) is 11.6 Å². The molecule has 0 saturated heterocycles. The second-order valence-corrected chi connectivity index (χ2v) is 4.52. The van der Waals surface area contributed by atoms with Gasteiger partial charge in [-0.3, -0.25) is 0 Å². The van der Waals surface area contributed by atoms with Gasteiger partial charge in [-0.25, -0.2) is 13.2 Å². The molecular formula is C19H15F3N2. The number of hydrogen-bond acceptors (Lipinski definition) is 2. The van der Waals surface area contributed by atoms with Crippen LogP contribution in [0.25, 0.3) is 11.1 Å². The fraction of sp³-hybridized carbons (Fsp3) is 0.158. The molecule has 0 aliphatic rings. The summed E-state index contributed by atoms with van der Waals surface area (Å²) in [6.45, 7) is 4.43. The van der Waals surface area contributed by atoms with E-state index >= 15 is 0 Å². The molecule has 2 nitrogen and oxygen atoms in total. The maximum absolute atomic E-state index is 14.7. The molecule has 0 aromatic heterocycles. The summed E-state index contributed by atoms with van der Waals surface area (Å²) in [6, 6.07) is 4.13. The van der Waals surface area contributed by atoms with E-state index in [-0.39, 0.29) is 21.9 Å². The molecule has 0 unspecified atom stereocenters. The Kier molecular flexibility index (Phi) is 6.60. The number of benzene rings is 1. The van der Waals surface area contributed by atoms with E-state index in [1.54, 1.807) is 13.0 Å². The van der Waals surface area contributed by atoms with Gasteiger partial charge in [-0.1, -0.05) is 18.1 Å². The van der Waals surface area contributed by atoms with Crippen molar-refractivity contribution in [2.24, 2.45) is 11.5 Å². The monoisotopic (exact) mass is 328 g/mol. The molecule has 0 saturated carbocycles. The minimum Gasteiger partial charge on any atom is -0.359 e. The van der Waals surface area contributed by atoms with Crippen molar-refractivity contribution in [3.05, 3.63) is 45.6 Å². The lowest BCUT2D eigenvalue weighted by molar-refractivity contribution is 0.476. The van der Waals surface area contributed by atoms with Crippen LogP contribution < -0.4 is 21.9 Å². The first-order valence-corrected chi connectivity index (χ1v) is 6.84. The smallest absolute Gasteiger partial charge is 0.171 e. The number of nitrogens with two attached hydrogens (primary N) is 2. The topological polar surface area (TPSA) is 52.0 Å². The van der Waals surface area contributed by atoms with Gasteiger partial charge >= 0.3 is 0 Å². The SMILES string of the molecule is CC#C/C(C#CN)=c1\c(F)c(C)/c(=C(/C#CN)C=CC)c(F)c1F. The average molecular weight is 328 g/mol. The third-order valence-corrected chi connectivity index (χ3v) is 3.06. The van der Waals surface area contributed by atoms with E-state index in [1.807, 2.05) is 6.04 Å². The van der Waals surface area contributed by atoms with E-state index in [1.165, 1.54) is 19.9 Å². The fourth-order valence-electron chi connectivity index (χ4n) is 2.10. The summed E-state index contributed by atoms with van der Waals surface area (Å²) in [4.78, 5) is 0. The molecule has 24 heavy (non-hydrogen) atoms. The Labute approximate surface area is 138 Å². The van der Waals surface area contributed by atoms with Gasteiger partial charge in [-0.2, -0.15) is 0 Å². The summed E-state index contributed by atoms with van der Waals surface area (Å²) >= 11 is 0. The molecule has 5 heteroatoms. The van der Waals surface area contributed by atoms with Crippen molar-refractivity contribution < 1.29 is 13.2 Å². The van der Waals surface area contributed by atoms with Gasteiger partial charge in [0.25, 0.3) is 0 Å². The van der Waals surface area contributed by atoms with Crippen LogP contribution in [0.3, 0.4) is 0 Å². The first kappa shape index (κ1) is 18.8. The van der Waals surface area contributed by atoms with E-state index < -0.39 is 22.7 Å². The van der Waals surface area contributed by atoms with E-state index in [0.29, 0.717) is 0 Å². The Bertz CT molecular complexity index is 942. The Morgan fingerprint density at radius 1 is 0.917 bits per heavy atom. The average Bonchev–Trinajstić information content (AvgIpc) is 2.54. The predicted octanol–water partition coefficient (Wildman–Crippen LogP) is 1.15. The van der Waals surface area contributed by atoms with Crippen LogP contribution in [0.2, 0.25) is 0 Å². The Hall–Kier alpha value is -3.23. The standard InChI is InChI=1S/C19H15F3N2/c1-4-6-13(8-10-23)15-12(3)17(20)16(19(22)18(15)21)14(7-5-2)9-11-24/h4,6H,23-24H2,1-3H3/b6-4?,15-13-,16-14-. The van der Waals surface area contributed by atoms with Crippen molar-refractivity contribution in [1.29, 1.82) is 0 Å². The maximum atomic E-state index is 14.7. The van der Waals surface area contributed by atoms with Crippen LogP contribution in [0.1, 0.15) is 19.4 Å². The molecule has 0 radical (unpaired) electrons. The largest absolute Gasteiger partial charge is 0.359 e. The van der Waals surface area contributed by atoms with Crippen LogP contribution in [0.5, 0.6) is 0 Å². The van der Waals surface area contributed by atoms with E-state index in [9.17, 15) is 13.2 Å². The molecule has 0 spiro atoms. The van der Waals surface area contributed by atoms with Gasteiger partial charge in [0.2, 0.25) is 0 Å². The molecule has 0 fully saturated rings. The van der Waals surface area contributed by atoms with E-state index in [2.05, 4.69) is 29.7 Å². The van der Waals surface area contributed by atoms with Gasteiger partial charge in [0.05, 0.1) is 10.8 Å². The summed E-state index contributed by atoms with van der Waals surface area (Å²) in [5.41, 5.74) is 9.94. The lowest BCUT2D eigenvalue weighted by atomic mass is 10.0. The van der Waals surface area contributed by atoms with Gasteiger partial charge in [0.1, 0.15) is 5.82 Å². The van der Waals surface area contributed by atoms with Gasteiger partial charge < -0.3 is 11.5 Å². The minimum absolute atomic E-state index is 0.0624. The Morgan fingerprint density at radius 2 is 1.50 bits per heavy atom. The van der Waals surface area contributed by atoms with Crippen molar-refractivity contribution in [1.82, 2.24) is 0 Å². The highest BCUT2D eigenvalue weighted by Gasteiger charge is 2.18. The maximum Gasteiger partial charge on any atom is 0.171 e. The summed E-state index contributed by atoms with van der Waals surface area (Å²) in [5, 5.41) is -0.948. The summed E-state index contributed by atoms with van der Waals surface area (Å²) in [6.07, 6.45) is 2.97. The second kappa shape index (κ2) is 8.42. The number of hydrogen-bond donors (Lipinski definition) is 2. The van der Waals surface area contributed by atoms with Gasteiger partial charge in [-0.15, -0.1) is 5.92 Å². The quantitative estimate of drug-likeness (QED) is 0.462. The Balaban J connectivity index is 4.32. The van der Waals surface area contributed by atoms with Crippen LogP contribution in [0.15, 0.2) is 12.2 Å². The van der Waals surface area contributed by atoms with Gasteiger partial charge in [0, 0.05) is 22.9 Å². The van der Waals surface area contributed by atoms with Crippen LogP contribution in [-0.4, -0.2) is 0 Å². The number of rotatable bonds is 1. The second-order valence-electron chi connectivity index (χ2n) is 4.52. The molecular weight excluding hydrogens is 313 g/mol. The molecule has 1 aromatic carbocycles. The summed E-state index contributed by atoms with van der Waals surface area (Å²) < 4.78 is 43.8. The van der Waals surface area contributed by atoms with Crippen LogP contribution >= 0.6 is 0 Å². The van der Waals surface area contributed by atoms with E-state index in [4.69, 9.17) is 11.5 Å². The summed E-state index contributed by atoms with van der Waals surface area (Å²) in [7, 11) is 0. The fourth-order valence-corrected chi connectivity index (χ4v) is 2.10. The molecule has 0 bridgehead atoms. The predicted molar refractivity (Wildman–Crippen MR) is 89.3 cm³/mol. The molecule has 1 aromatic rings. The van der Waals surface area contributed by atoms with Gasteiger partial charge in [-0.05, 0) is 38.2 Å². The number of allylic oxidation sites excluding steroid dienone is 2. The molecule has 0 heterocycles. The van der Waals surface area contributed by atoms with Crippen LogP contribution in [0.4, 0.5) is 13.2 Å². The highest BCUT2D eigenvalue weighted by Crippen LogP contribution is 2.08. The van der Waals surface area contributed by atoms with Crippen molar-refractivity contribution in [2.75, 3.05) is 0 Å². The van der Waals surface area contributed by atoms with Crippen molar-refractivity contribution >= 4 is 11.1 Å². The zero-order valence-corrected chi connectivity index (χ0v) is 13.4. The van der Waals surface area contributed by atoms with Crippen LogP contribution in [0, 0.1) is 60.1 Å². The summed E-state index contributed by atoms with van der Waals surface area (Å²) in [5.74, 6) is 5.98. The zero-order valence-electron chi connectivity index (χ0n) is 13.4. The Morgan fingerprint density at radius 3 is 2.00 bits per heavy atom. The first-order valence-electron chi connectivity index (χ1n) is 6.84. The molecule has 0 aliphatic heterocycles. The van der Waals surface area contributed by atoms with E-state index in [0.717, 1.165) is 0 Å². The third kappa shape index (κ3) is 3.57. The molecule has 0 amide bonds. The molecule has 0 atom stereocenters. The molecule has 0 aliphatic carbocycles. The lowest BCUT2D eigenvalue weighted by Gasteiger charge is -2.06. The number of halogens is 3. The highest BCUT2D eigenvalue weighted by molar-refractivity contribution is 5.78. The van der Waals surface area contributed by atoms with Crippen LogP contribution in [-0.2, 0) is 0 Å². The normalized spacial score (nSPS) is 12.2. The third-order valence-electron chi connectivity index (χ3n) is 3.06. The van der Waals surface area contributed by atoms with Crippen molar-refractivity contribution in [3.63, 3.8) is 0 Å². The first-order chi connectivity index (χ1) is 11.4. The molecule has 4 N–H and O–H groups in total. The zero-order chi connectivity index (χ0) is 18.3.